The molecular formula is C14H21FN2O2S. The maximum atomic E-state index is 13.6. The van der Waals surface area contributed by atoms with Crippen molar-refractivity contribution in [1.82, 2.24) is 5.32 Å². The molecule has 0 aromatic heterocycles. The van der Waals surface area contributed by atoms with E-state index in [4.69, 9.17) is 0 Å². The minimum Gasteiger partial charge on any atom is -0.317 e. The van der Waals surface area contributed by atoms with Gasteiger partial charge in [-0.2, -0.15) is 0 Å². The van der Waals surface area contributed by atoms with Gasteiger partial charge in [0.15, 0.2) is 0 Å². The fraction of sp³-hybridized carbons (Fsp3) is 0.571. The standard InChI is InChI=1S/C14H21FN2O2S/c1-11-2-3-13(15)14(10-11)17-20(18,19)9-6-12-4-7-16-8-5-12/h2-3,10,12,16-17H,4-9H2,1H3. The summed E-state index contributed by atoms with van der Waals surface area (Å²) in [5, 5.41) is 3.25. The number of rotatable bonds is 5. The van der Waals surface area contributed by atoms with E-state index in [-0.39, 0.29) is 11.4 Å². The lowest BCUT2D eigenvalue weighted by atomic mass is 9.96. The predicted molar refractivity (Wildman–Crippen MR) is 78.8 cm³/mol. The monoisotopic (exact) mass is 300 g/mol. The molecule has 0 spiro atoms. The summed E-state index contributed by atoms with van der Waals surface area (Å²) in [6.07, 6.45) is 2.65. The van der Waals surface area contributed by atoms with Crippen molar-refractivity contribution < 1.29 is 12.8 Å². The Hall–Kier alpha value is -1.14. The quantitative estimate of drug-likeness (QED) is 0.877. The summed E-state index contributed by atoms with van der Waals surface area (Å²) < 4.78 is 39.9. The molecular weight excluding hydrogens is 279 g/mol. The highest BCUT2D eigenvalue weighted by molar-refractivity contribution is 7.92. The first kappa shape index (κ1) is 15.3. The zero-order valence-electron chi connectivity index (χ0n) is 11.7. The van der Waals surface area contributed by atoms with Crippen LogP contribution < -0.4 is 10.0 Å². The molecule has 0 atom stereocenters. The van der Waals surface area contributed by atoms with Crippen molar-refractivity contribution in [3.63, 3.8) is 0 Å². The predicted octanol–water partition coefficient (Wildman–Crippen LogP) is 2.27. The van der Waals surface area contributed by atoms with Crippen LogP contribution in [0.1, 0.15) is 24.8 Å². The average molecular weight is 300 g/mol. The summed E-state index contributed by atoms with van der Waals surface area (Å²) in [4.78, 5) is 0. The maximum absolute atomic E-state index is 13.6. The fourth-order valence-corrected chi connectivity index (χ4v) is 3.67. The minimum absolute atomic E-state index is 0.0373. The van der Waals surface area contributed by atoms with E-state index in [1.807, 2.05) is 0 Å². The smallest absolute Gasteiger partial charge is 0.232 e. The second-order valence-corrected chi connectivity index (χ2v) is 7.23. The van der Waals surface area contributed by atoms with Crippen molar-refractivity contribution in [3.8, 4) is 0 Å². The highest BCUT2D eigenvalue weighted by Gasteiger charge is 2.18. The summed E-state index contributed by atoms with van der Waals surface area (Å²) in [5.74, 6) is -0.0540. The molecule has 1 aliphatic rings. The van der Waals surface area contributed by atoms with Crippen molar-refractivity contribution in [2.24, 2.45) is 5.92 Å². The van der Waals surface area contributed by atoms with Crippen LogP contribution in [0.3, 0.4) is 0 Å². The van der Waals surface area contributed by atoms with Crippen LogP contribution in [0.4, 0.5) is 10.1 Å². The Kier molecular flexibility index (Phi) is 4.99. The van der Waals surface area contributed by atoms with Gasteiger partial charge in [-0.1, -0.05) is 6.07 Å². The molecule has 4 nitrogen and oxygen atoms in total. The topological polar surface area (TPSA) is 58.2 Å². The van der Waals surface area contributed by atoms with Gasteiger partial charge in [-0.25, -0.2) is 12.8 Å². The van der Waals surface area contributed by atoms with Crippen molar-refractivity contribution >= 4 is 15.7 Å². The lowest BCUT2D eigenvalue weighted by Gasteiger charge is -2.22. The van der Waals surface area contributed by atoms with Gasteiger partial charge in [-0.3, -0.25) is 4.72 Å². The molecule has 2 rings (SSSR count). The molecule has 0 aliphatic carbocycles. The van der Waals surface area contributed by atoms with Gasteiger partial charge in [0.2, 0.25) is 10.0 Å². The van der Waals surface area contributed by atoms with E-state index < -0.39 is 15.8 Å². The first-order chi connectivity index (χ1) is 9.46. The van der Waals surface area contributed by atoms with Crippen LogP contribution in [-0.2, 0) is 10.0 Å². The Morgan fingerprint density at radius 2 is 2.05 bits per heavy atom. The average Bonchev–Trinajstić information content (AvgIpc) is 2.42. The molecule has 0 saturated carbocycles. The van der Waals surface area contributed by atoms with E-state index in [1.54, 1.807) is 13.0 Å². The third-order valence-electron chi connectivity index (χ3n) is 3.64. The van der Waals surface area contributed by atoms with Crippen LogP contribution in [0.25, 0.3) is 0 Å². The number of hydrogen-bond acceptors (Lipinski definition) is 3. The molecule has 1 aromatic rings. The van der Waals surface area contributed by atoms with E-state index in [9.17, 15) is 12.8 Å². The van der Waals surface area contributed by atoms with Crippen molar-refractivity contribution in [3.05, 3.63) is 29.6 Å². The molecule has 1 aliphatic heterocycles. The molecule has 0 unspecified atom stereocenters. The molecule has 1 fully saturated rings. The van der Waals surface area contributed by atoms with Gasteiger partial charge in [0, 0.05) is 0 Å². The second kappa shape index (κ2) is 6.54. The van der Waals surface area contributed by atoms with Crippen molar-refractivity contribution in [2.45, 2.75) is 26.2 Å². The van der Waals surface area contributed by atoms with Gasteiger partial charge < -0.3 is 5.32 Å². The molecule has 2 N–H and O–H groups in total. The zero-order valence-corrected chi connectivity index (χ0v) is 12.5. The van der Waals surface area contributed by atoms with Crippen molar-refractivity contribution in [1.29, 1.82) is 0 Å². The first-order valence-electron chi connectivity index (χ1n) is 6.94. The van der Waals surface area contributed by atoms with Crippen LogP contribution >= 0.6 is 0 Å². The third-order valence-corrected chi connectivity index (χ3v) is 4.94. The van der Waals surface area contributed by atoms with E-state index in [0.29, 0.717) is 12.3 Å². The second-order valence-electron chi connectivity index (χ2n) is 5.39. The van der Waals surface area contributed by atoms with Gasteiger partial charge in [0.05, 0.1) is 11.4 Å². The van der Waals surface area contributed by atoms with Gasteiger partial charge in [0.25, 0.3) is 0 Å². The Bertz CT molecular complexity index is 554. The summed E-state index contributed by atoms with van der Waals surface area (Å²) in [7, 11) is -3.48. The normalized spacial score (nSPS) is 17.1. The number of piperidine rings is 1. The van der Waals surface area contributed by atoms with Crippen LogP contribution in [0.5, 0.6) is 0 Å². The van der Waals surface area contributed by atoms with E-state index >= 15 is 0 Å². The van der Waals surface area contributed by atoms with Crippen molar-refractivity contribution in [2.75, 3.05) is 23.6 Å². The number of hydrogen-bond donors (Lipinski definition) is 2. The highest BCUT2D eigenvalue weighted by Crippen LogP contribution is 2.20. The highest BCUT2D eigenvalue weighted by atomic mass is 32.2. The summed E-state index contributed by atoms with van der Waals surface area (Å²) >= 11 is 0. The Morgan fingerprint density at radius 1 is 1.35 bits per heavy atom. The number of nitrogens with one attached hydrogen (secondary N) is 2. The van der Waals surface area contributed by atoms with Crippen LogP contribution in [0.15, 0.2) is 18.2 Å². The van der Waals surface area contributed by atoms with Gasteiger partial charge >= 0.3 is 0 Å². The third kappa shape index (κ3) is 4.45. The largest absolute Gasteiger partial charge is 0.317 e. The van der Waals surface area contributed by atoms with E-state index in [0.717, 1.165) is 31.5 Å². The molecule has 0 amide bonds. The van der Waals surface area contributed by atoms with E-state index in [1.165, 1.54) is 12.1 Å². The number of benzene rings is 1. The van der Waals surface area contributed by atoms with Crippen LogP contribution in [0, 0.1) is 18.7 Å². The summed E-state index contributed by atoms with van der Waals surface area (Å²) in [6, 6.07) is 4.40. The van der Waals surface area contributed by atoms with E-state index in [2.05, 4.69) is 10.0 Å². The van der Waals surface area contributed by atoms with Crippen LogP contribution in [0.2, 0.25) is 0 Å². The lowest BCUT2D eigenvalue weighted by Crippen LogP contribution is -2.29. The Balaban J connectivity index is 1.94. The Morgan fingerprint density at radius 3 is 2.75 bits per heavy atom. The molecule has 6 heteroatoms. The first-order valence-corrected chi connectivity index (χ1v) is 8.59. The molecule has 0 radical (unpaired) electrons. The van der Waals surface area contributed by atoms with Crippen LogP contribution in [-0.4, -0.2) is 27.3 Å². The maximum Gasteiger partial charge on any atom is 0.232 e. The molecule has 0 bridgehead atoms. The molecule has 1 aromatic carbocycles. The summed E-state index contributed by atoms with van der Waals surface area (Å²) in [6.45, 7) is 3.70. The molecule has 112 valence electrons. The van der Waals surface area contributed by atoms with Gasteiger partial charge in [-0.15, -0.1) is 0 Å². The molecule has 20 heavy (non-hydrogen) atoms. The minimum atomic E-state index is -3.48. The number of sulfonamides is 1. The number of anilines is 1. The number of halogens is 1. The molecule has 1 heterocycles. The number of aryl methyl sites for hydroxylation is 1. The zero-order chi connectivity index (χ0) is 14.6. The van der Waals surface area contributed by atoms with Gasteiger partial charge in [-0.05, 0) is 62.9 Å². The van der Waals surface area contributed by atoms with Gasteiger partial charge in [0.1, 0.15) is 5.82 Å². The summed E-state index contributed by atoms with van der Waals surface area (Å²) in [5.41, 5.74) is 0.859. The fourth-order valence-electron chi connectivity index (χ4n) is 2.43. The lowest BCUT2D eigenvalue weighted by molar-refractivity contribution is 0.365. The SMILES string of the molecule is Cc1ccc(F)c(NS(=O)(=O)CCC2CCNCC2)c1. The Labute approximate surface area is 119 Å². The molecule has 1 saturated heterocycles.